The lowest BCUT2D eigenvalue weighted by Gasteiger charge is -2.31. The number of aromatic nitrogens is 2. The van der Waals surface area contributed by atoms with Crippen LogP contribution in [0.1, 0.15) is 0 Å². The summed E-state index contributed by atoms with van der Waals surface area (Å²) in [7, 11) is -2.61. The van der Waals surface area contributed by atoms with Gasteiger partial charge in [0.05, 0.1) is 22.1 Å². The third kappa shape index (κ3) is 4.52. The number of rotatable bonds is 5. The van der Waals surface area contributed by atoms with E-state index in [2.05, 4.69) is 228 Å². The molecular weight excluding hydrogens is 705 g/mol. The Balaban J connectivity index is 1.09. The standard InChI is InChI=1S/C54H36N2Si/c1-4-18-39(19-5-1)55-47-28-13-10-26-45(47)53-49(55)33-34-50-54(53)46-27-11-14-29-48(46)56(50)40-20-16-17-37(35-40)38-31-32-44-43-25-12-15-30-51(43)57(52(44)36-38,41-21-6-2-7-22-41)42-23-8-3-9-24-42/h1-36H. The lowest BCUT2D eigenvalue weighted by Crippen LogP contribution is -2.72. The van der Waals surface area contributed by atoms with Crippen molar-refractivity contribution in [1.82, 2.24) is 9.13 Å². The Kier molecular flexibility index (Phi) is 6.98. The van der Waals surface area contributed by atoms with E-state index in [0.29, 0.717) is 0 Å². The van der Waals surface area contributed by atoms with Gasteiger partial charge in [0.15, 0.2) is 8.07 Å². The van der Waals surface area contributed by atoms with Crippen molar-refractivity contribution < 1.29 is 0 Å². The number of nitrogens with zero attached hydrogens (tertiary/aromatic N) is 2. The number of benzene rings is 9. The van der Waals surface area contributed by atoms with E-state index in [-0.39, 0.29) is 0 Å². The maximum atomic E-state index is 2.52. The van der Waals surface area contributed by atoms with Crippen LogP contribution in [0.25, 0.3) is 77.2 Å². The molecule has 266 valence electrons. The second kappa shape index (κ2) is 12.4. The summed E-state index contributed by atoms with van der Waals surface area (Å²) in [6.07, 6.45) is 0. The Morgan fingerprint density at radius 1 is 0.298 bits per heavy atom. The van der Waals surface area contributed by atoms with Gasteiger partial charge >= 0.3 is 0 Å². The Morgan fingerprint density at radius 2 is 0.789 bits per heavy atom. The maximum Gasteiger partial charge on any atom is 0.180 e. The second-order valence-electron chi connectivity index (χ2n) is 15.2. The normalized spacial score (nSPS) is 13.1. The fraction of sp³-hybridized carbons (Fsp3) is 0. The molecule has 3 heteroatoms. The predicted octanol–water partition coefficient (Wildman–Crippen LogP) is 10.9. The van der Waals surface area contributed by atoms with Crippen LogP contribution in [-0.2, 0) is 0 Å². The van der Waals surface area contributed by atoms with Crippen molar-refractivity contribution in [1.29, 1.82) is 0 Å². The highest BCUT2D eigenvalue weighted by Gasteiger charge is 2.48. The summed E-state index contributed by atoms with van der Waals surface area (Å²) in [4.78, 5) is 0. The number of hydrogen-bond acceptors (Lipinski definition) is 0. The average Bonchev–Trinajstić information content (AvgIpc) is 3.91. The number of hydrogen-bond donors (Lipinski definition) is 0. The van der Waals surface area contributed by atoms with Gasteiger partial charge in [0, 0.05) is 32.9 Å². The molecule has 1 aliphatic heterocycles. The van der Waals surface area contributed by atoms with E-state index in [0.717, 1.165) is 5.69 Å². The molecule has 0 atom stereocenters. The molecule has 0 N–H and O–H groups in total. The second-order valence-corrected chi connectivity index (χ2v) is 19.0. The molecule has 57 heavy (non-hydrogen) atoms. The van der Waals surface area contributed by atoms with Gasteiger partial charge < -0.3 is 9.13 Å². The SMILES string of the molecule is c1ccc(-n2c3ccccc3c3c4c5ccccc5n(-c5cccc(-c6ccc7c(c6)[Si](c6ccccc6)(c6ccccc6)c6ccccc6-7)c5)c4ccc32)cc1. The highest BCUT2D eigenvalue weighted by Crippen LogP contribution is 2.42. The summed E-state index contributed by atoms with van der Waals surface area (Å²) in [5.74, 6) is 0. The minimum Gasteiger partial charge on any atom is -0.309 e. The van der Waals surface area contributed by atoms with E-state index in [1.165, 1.54) is 92.3 Å². The fourth-order valence-electron chi connectivity index (χ4n) is 10.1. The largest absolute Gasteiger partial charge is 0.309 e. The first-order chi connectivity index (χ1) is 28.3. The zero-order valence-corrected chi connectivity index (χ0v) is 32.2. The Hall–Kier alpha value is -7.20. The molecular formula is C54H36N2Si. The van der Waals surface area contributed by atoms with E-state index in [1.54, 1.807) is 0 Å². The molecule has 11 aromatic rings. The Labute approximate surface area is 332 Å². The van der Waals surface area contributed by atoms with Gasteiger partial charge in [0.25, 0.3) is 0 Å². The molecule has 2 aromatic heterocycles. The summed E-state index contributed by atoms with van der Waals surface area (Å²) in [6, 6.07) is 81.2. The summed E-state index contributed by atoms with van der Waals surface area (Å²) < 4.78 is 4.88. The van der Waals surface area contributed by atoms with Crippen molar-refractivity contribution in [2.75, 3.05) is 0 Å². The molecule has 0 unspecified atom stereocenters. The van der Waals surface area contributed by atoms with Crippen molar-refractivity contribution in [3.05, 3.63) is 218 Å². The van der Waals surface area contributed by atoms with E-state index < -0.39 is 8.07 Å². The summed E-state index contributed by atoms with van der Waals surface area (Å²) in [5, 5.41) is 10.9. The zero-order chi connectivity index (χ0) is 37.5. The van der Waals surface area contributed by atoms with Crippen molar-refractivity contribution in [2.24, 2.45) is 0 Å². The van der Waals surface area contributed by atoms with Gasteiger partial charge in [0.2, 0.25) is 0 Å². The molecule has 0 radical (unpaired) electrons. The van der Waals surface area contributed by atoms with Crippen LogP contribution in [0.2, 0.25) is 0 Å². The van der Waals surface area contributed by atoms with Crippen molar-refractivity contribution in [3.8, 4) is 33.6 Å². The maximum absolute atomic E-state index is 2.61. The topological polar surface area (TPSA) is 9.86 Å². The van der Waals surface area contributed by atoms with Crippen LogP contribution in [0.4, 0.5) is 0 Å². The van der Waals surface area contributed by atoms with Gasteiger partial charge in [-0.25, -0.2) is 0 Å². The van der Waals surface area contributed by atoms with Crippen LogP contribution < -0.4 is 20.7 Å². The zero-order valence-electron chi connectivity index (χ0n) is 31.2. The highest BCUT2D eigenvalue weighted by atomic mass is 28.3. The lowest BCUT2D eigenvalue weighted by atomic mass is 10.00. The minimum atomic E-state index is -2.61. The molecule has 0 bridgehead atoms. The van der Waals surface area contributed by atoms with Gasteiger partial charge in [-0.3, -0.25) is 0 Å². The first-order valence-electron chi connectivity index (χ1n) is 19.8. The molecule has 0 amide bonds. The first-order valence-corrected chi connectivity index (χ1v) is 21.8. The Morgan fingerprint density at radius 3 is 1.44 bits per heavy atom. The lowest BCUT2D eigenvalue weighted by molar-refractivity contribution is 1.17. The molecule has 12 rings (SSSR count). The molecule has 0 saturated heterocycles. The molecule has 0 aliphatic carbocycles. The quantitative estimate of drug-likeness (QED) is 0.156. The monoisotopic (exact) mass is 740 g/mol. The third-order valence-electron chi connectivity index (χ3n) is 12.4. The van der Waals surface area contributed by atoms with Gasteiger partial charge in [-0.1, -0.05) is 170 Å². The van der Waals surface area contributed by atoms with Crippen molar-refractivity contribution >= 4 is 72.4 Å². The van der Waals surface area contributed by atoms with Gasteiger partial charge in [-0.2, -0.15) is 0 Å². The molecule has 9 aromatic carbocycles. The van der Waals surface area contributed by atoms with E-state index >= 15 is 0 Å². The van der Waals surface area contributed by atoms with Crippen LogP contribution >= 0.6 is 0 Å². The summed E-state index contributed by atoms with van der Waals surface area (Å²) >= 11 is 0. The van der Waals surface area contributed by atoms with Crippen LogP contribution in [0.5, 0.6) is 0 Å². The molecule has 0 spiro atoms. The van der Waals surface area contributed by atoms with E-state index in [1.807, 2.05) is 0 Å². The minimum absolute atomic E-state index is 1.16. The van der Waals surface area contributed by atoms with E-state index in [9.17, 15) is 0 Å². The molecule has 0 fully saturated rings. The molecule has 3 heterocycles. The van der Waals surface area contributed by atoms with Gasteiger partial charge in [0.1, 0.15) is 0 Å². The average molecular weight is 741 g/mol. The highest BCUT2D eigenvalue weighted by molar-refractivity contribution is 7.22. The van der Waals surface area contributed by atoms with Crippen LogP contribution in [0.3, 0.4) is 0 Å². The molecule has 1 aliphatic rings. The predicted molar refractivity (Wildman–Crippen MR) is 243 cm³/mol. The van der Waals surface area contributed by atoms with Crippen LogP contribution in [-0.4, -0.2) is 17.2 Å². The summed E-state index contributed by atoms with van der Waals surface area (Å²) in [6.45, 7) is 0. The van der Waals surface area contributed by atoms with Crippen molar-refractivity contribution in [2.45, 2.75) is 0 Å². The van der Waals surface area contributed by atoms with E-state index in [4.69, 9.17) is 0 Å². The third-order valence-corrected chi connectivity index (χ3v) is 17.2. The fourth-order valence-corrected chi connectivity index (χ4v) is 15.3. The Bertz CT molecular complexity index is 3300. The smallest absolute Gasteiger partial charge is 0.180 e. The van der Waals surface area contributed by atoms with Gasteiger partial charge in [-0.15, -0.1) is 0 Å². The van der Waals surface area contributed by atoms with Gasteiger partial charge in [-0.05, 0) is 91.5 Å². The van der Waals surface area contributed by atoms with Crippen LogP contribution in [0, 0.1) is 0 Å². The summed E-state index contributed by atoms with van der Waals surface area (Å²) in [5.41, 5.74) is 12.3. The molecule has 2 nitrogen and oxygen atoms in total. The number of para-hydroxylation sites is 3. The first kappa shape index (κ1) is 32.1. The van der Waals surface area contributed by atoms with Crippen LogP contribution in [0.15, 0.2) is 218 Å². The molecule has 0 saturated carbocycles. The number of fused-ring (bicyclic) bond motifs is 10. The van der Waals surface area contributed by atoms with Crippen molar-refractivity contribution in [3.63, 3.8) is 0 Å².